The molecule has 4 nitrogen and oxygen atoms in total. The molecule has 0 unspecified atom stereocenters. The molecular formula is C10H12BrN3O. The topological polar surface area (TPSA) is 39.4 Å². The molecule has 0 amide bonds. The Kier molecular flexibility index (Phi) is 2.90. The lowest BCUT2D eigenvalue weighted by atomic mass is 10.4. The summed E-state index contributed by atoms with van der Waals surface area (Å²) in [7, 11) is 0. The van der Waals surface area contributed by atoms with Gasteiger partial charge in [-0.1, -0.05) is 6.92 Å². The van der Waals surface area contributed by atoms with Crippen LogP contribution in [-0.2, 0) is 6.42 Å². The first-order valence-electron chi connectivity index (χ1n) is 4.91. The Balaban J connectivity index is 2.52. The largest absolute Gasteiger partial charge is 0.477 e. The van der Waals surface area contributed by atoms with E-state index in [0.717, 1.165) is 16.6 Å². The zero-order valence-corrected chi connectivity index (χ0v) is 10.3. The number of aromatic nitrogens is 3. The van der Waals surface area contributed by atoms with E-state index >= 15 is 0 Å². The molecule has 0 fully saturated rings. The Morgan fingerprint density at radius 1 is 1.33 bits per heavy atom. The molecule has 0 aliphatic rings. The molecule has 0 aliphatic heterocycles. The van der Waals surface area contributed by atoms with Crippen molar-refractivity contribution < 1.29 is 4.74 Å². The first-order valence-corrected chi connectivity index (χ1v) is 5.70. The minimum absolute atomic E-state index is 0.596. The van der Waals surface area contributed by atoms with Gasteiger partial charge in [-0.15, -0.1) is 0 Å². The van der Waals surface area contributed by atoms with Crippen LogP contribution in [-0.4, -0.2) is 21.0 Å². The van der Waals surface area contributed by atoms with E-state index in [0.29, 0.717) is 18.3 Å². The highest BCUT2D eigenvalue weighted by atomic mass is 79.9. The molecule has 0 saturated carbocycles. The second-order valence-electron chi connectivity index (χ2n) is 3.12. The number of hydrogen-bond acceptors (Lipinski definition) is 3. The summed E-state index contributed by atoms with van der Waals surface area (Å²) in [5.41, 5.74) is 1.03. The van der Waals surface area contributed by atoms with E-state index in [1.165, 1.54) is 0 Å². The minimum atomic E-state index is 0.596. The van der Waals surface area contributed by atoms with Crippen LogP contribution >= 0.6 is 15.9 Å². The molecule has 0 spiro atoms. The average Bonchev–Trinajstić information content (AvgIpc) is 2.61. The van der Waals surface area contributed by atoms with Gasteiger partial charge in [0, 0.05) is 12.4 Å². The first-order chi connectivity index (χ1) is 7.24. The van der Waals surface area contributed by atoms with Crippen LogP contribution in [0.15, 0.2) is 16.9 Å². The molecule has 0 aromatic carbocycles. The second-order valence-corrected chi connectivity index (χ2v) is 3.97. The van der Waals surface area contributed by atoms with Gasteiger partial charge in [0.2, 0.25) is 11.7 Å². The summed E-state index contributed by atoms with van der Waals surface area (Å²) in [5, 5.41) is 0. The van der Waals surface area contributed by atoms with E-state index in [-0.39, 0.29) is 0 Å². The number of halogens is 1. The van der Waals surface area contributed by atoms with Crippen molar-refractivity contribution in [3.63, 3.8) is 0 Å². The van der Waals surface area contributed by atoms with Crippen molar-refractivity contribution in [2.75, 3.05) is 6.61 Å². The highest BCUT2D eigenvalue weighted by Crippen LogP contribution is 2.22. The Morgan fingerprint density at radius 2 is 2.13 bits per heavy atom. The number of hydrogen-bond donors (Lipinski definition) is 0. The summed E-state index contributed by atoms with van der Waals surface area (Å²) < 4.78 is 8.11. The Labute approximate surface area is 96.4 Å². The lowest BCUT2D eigenvalue weighted by Gasteiger charge is -2.03. The highest BCUT2D eigenvalue weighted by molar-refractivity contribution is 9.10. The number of imidazole rings is 1. The lowest BCUT2D eigenvalue weighted by Crippen LogP contribution is -1.98. The summed E-state index contributed by atoms with van der Waals surface area (Å²) >= 11 is 3.41. The third-order valence-electron chi connectivity index (χ3n) is 2.06. The fourth-order valence-electron chi connectivity index (χ4n) is 1.34. The van der Waals surface area contributed by atoms with E-state index in [1.807, 2.05) is 23.7 Å². The summed E-state index contributed by atoms with van der Waals surface area (Å²) in [6, 6.07) is 0. The van der Waals surface area contributed by atoms with E-state index in [9.17, 15) is 0 Å². The Bertz CT molecular complexity index is 481. The average molecular weight is 270 g/mol. The monoisotopic (exact) mass is 269 g/mol. The highest BCUT2D eigenvalue weighted by Gasteiger charge is 2.07. The SMILES string of the molecule is CCOc1nc2nc(CC)cn2cc1Br. The number of ether oxygens (including phenoxy) is 1. The van der Waals surface area contributed by atoms with Crippen molar-refractivity contribution in [2.45, 2.75) is 20.3 Å². The molecule has 0 radical (unpaired) electrons. The summed E-state index contributed by atoms with van der Waals surface area (Å²) in [5.74, 6) is 1.27. The van der Waals surface area contributed by atoms with Crippen molar-refractivity contribution in [3.05, 3.63) is 22.6 Å². The zero-order chi connectivity index (χ0) is 10.8. The van der Waals surface area contributed by atoms with Gasteiger partial charge < -0.3 is 4.74 Å². The molecule has 2 heterocycles. The smallest absolute Gasteiger partial charge is 0.237 e. The fourth-order valence-corrected chi connectivity index (χ4v) is 1.76. The Hall–Kier alpha value is -1.10. The lowest BCUT2D eigenvalue weighted by molar-refractivity contribution is 0.324. The van der Waals surface area contributed by atoms with E-state index in [1.54, 1.807) is 0 Å². The van der Waals surface area contributed by atoms with Crippen LogP contribution in [0.3, 0.4) is 0 Å². The maximum Gasteiger partial charge on any atom is 0.237 e. The van der Waals surface area contributed by atoms with Crippen LogP contribution in [0.2, 0.25) is 0 Å². The summed E-state index contributed by atoms with van der Waals surface area (Å²) in [4.78, 5) is 8.68. The summed E-state index contributed by atoms with van der Waals surface area (Å²) in [6.07, 6.45) is 4.80. The number of rotatable bonds is 3. The first kappa shape index (κ1) is 10.4. The molecule has 2 aromatic heterocycles. The van der Waals surface area contributed by atoms with Gasteiger partial charge in [-0.3, -0.25) is 4.40 Å². The quantitative estimate of drug-likeness (QED) is 0.860. The van der Waals surface area contributed by atoms with Crippen molar-refractivity contribution >= 4 is 21.7 Å². The molecule has 0 aliphatic carbocycles. The van der Waals surface area contributed by atoms with Gasteiger partial charge in [0.15, 0.2) is 0 Å². The van der Waals surface area contributed by atoms with Gasteiger partial charge in [-0.2, -0.15) is 4.98 Å². The molecule has 5 heteroatoms. The Morgan fingerprint density at radius 3 is 2.80 bits per heavy atom. The van der Waals surface area contributed by atoms with Crippen LogP contribution in [0.4, 0.5) is 0 Å². The third kappa shape index (κ3) is 1.97. The van der Waals surface area contributed by atoms with E-state index in [2.05, 4.69) is 32.8 Å². The van der Waals surface area contributed by atoms with Crippen LogP contribution in [0.5, 0.6) is 5.88 Å². The molecule has 80 valence electrons. The van der Waals surface area contributed by atoms with Crippen molar-refractivity contribution in [3.8, 4) is 5.88 Å². The van der Waals surface area contributed by atoms with Crippen molar-refractivity contribution in [2.24, 2.45) is 0 Å². The standard InChI is InChI=1S/C10H12BrN3O/c1-3-7-5-14-6-8(11)9(15-4-2)13-10(14)12-7/h5-6H,3-4H2,1-2H3. The van der Waals surface area contributed by atoms with Gasteiger partial charge in [-0.05, 0) is 29.3 Å². The van der Waals surface area contributed by atoms with Crippen LogP contribution in [0, 0.1) is 0 Å². The zero-order valence-electron chi connectivity index (χ0n) is 8.70. The van der Waals surface area contributed by atoms with Crippen LogP contribution in [0.25, 0.3) is 5.78 Å². The molecule has 2 aromatic rings. The molecular weight excluding hydrogens is 258 g/mol. The van der Waals surface area contributed by atoms with Gasteiger partial charge in [0.25, 0.3) is 0 Å². The minimum Gasteiger partial charge on any atom is -0.477 e. The number of fused-ring (bicyclic) bond motifs is 1. The predicted octanol–water partition coefficient (Wildman–Crippen LogP) is 2.45. The van der Waals surface area contributed by atoms with E-state index in [4.69, 9.17) is 4.74 Å². The molecule has 0 saturated heterocycles. The summed E-state index contributed by atoms with van der Waals surface area (Å²) in [6.45, 7) is 4.60. The van der Waals surface area contributed by atoms with Gasteiger partial charge in [0.05, 0.1) is 16.8 Å². The fraction of sp³-hybridized carbons (Fsp3) is 0.400. The third-order valence-corrected chi connectivity index (χ3v) is 2.61. The maximum absolute atomic E-state index is 5.38. The second kappa shape index (κ2) is 4.18. The molecule has 15 heavy (non-hydrogen) atoms. The normalized spacial score (nSPS) is 10.9. The van der Waals surface area contributed by atoms with E-state index < -0.39 is 0 Å². The van der Waals surface area contributed by atoms with Crippen molar-refractivity contribution in [1.82, 2.24) is 14.4 Å². The maximum atomic E-state index is 5.38. The van der Waals surface area contributed by atoms with Gasteiger partial charge in [0.1, 0.15) is 0 Å². The van der Waals surface area contributed by atoms with Crippen molar-refractivity contribution in [1.29, 1.82) is 0 Å². The molecule has 2 rings (SSSR count). The number of nitrogens with zero attached hydrogens (tertiary/aromatic N) is 3. The molecule has 0 bridgehead atoms. The van der Waals surface area contributed by atoms with Gasteiger partial charge >= 0.3 is 0 Å². The molecule has 0 N–H and O–H groups in total. The van der Waals surface area contributed by atoms with Crippen LogP contribution < -0.4 is 4.74 Å². The predicted molar refractivity (Wildman–Crippen MR) is 61.2 cm³/mol. The number of aryl methyl sites for hydroxylation is 1. The van der Waals surface area contributed by atoms with Gasteiger partial charge in [-0.25, -0.2) is 4.98 Å². The molecule has 0 atom stereocenters. The van der Waals surface area contributed by atoms with Crippen LogP contribution in [0.1, 0.15) is 19.5 Å².